The summed E-state index contributed by atoms with van der Waals surface area (Å²) in [7, 11) is 1.08. The Labute approximate surface area is 92.2 Å². The Morgan fingerprint density at radius 1 is 1.60 bits per heavy atom. The predicted octanol–water partition coefficient (Wildman–Crippen LogP) is 1.24. The lowest BCUT2D eigenvalue weighted by atomic mass is 9.73. The van der Waals surface area contributed by atoms with Crippen LogP contribution in [0.1, 0.15) is 19.8 Å². The molecule has 0 aromatic heterocycles. The molecule has 1 aliphatic carbocycles. The highest BCUT2D eigenvalue weighted by molar-refractivity contribution is 8.13. The lowest BCUT2D eigenvalue weighted by Crippen LogP contribution is -2.48. The molecule has 0 N–H and O–H groups in total. The number of hydrogen-bond donors (Lipinski definition) is 0. The molecule has 1 fully saturated rings. The summed E-state index contributed by atoms with van der Waals surface area (Å²) in [5.74, 6) is -1.75. The van der Waals surface area contributed by atoms with Gasteiger partial charge in [-0.3, -0.25) is 4.79 Å². The normalized spacial score (nSPS) is 30.7. The van der Waals surface area contributed by atoms with Gasteiger partial charge in [-0.2, -0.15) is 0 Å². The van der Waals surface area contributed by atoms with E-state index in [0.29, 0.717) is 0 Å². The number of halogens is 2. The van der Waals surface area contributed by atoms with Gasteiger partial charge in [-0.05, 0) is 19.8 Å². The fourth-order valence-corrected chi connectivity index (χ4v) is 3.12. The molecule has 0 aromatic carbocycles. The van der Waals surface area contributed by atoms with Crippen molar-refractivity contribution in [3.05, 3.63) is 0 Å². The summed E-state index contributed by atoms with van der Waals surface area (Å²) >= 11 is 0. The van der Waals surface area contributed by atoms with Gasteiger partial charge in [0.1, 0.15) is 5.67 Å². The molecule has 0 unspecified atom stereocenters. The van der Waals surface area contributed by atoms with Crippen LogP contribution in [0.4, 0.5) is 4.39 Å². The van der Waals surface area contributed by atoms with E-state index in [4.69, 9.17) is 10.7 Å². The largest absolute Gasteiger partial charge is 0.466 e. The van der Waals surface area contributed by atoms with Gasteiger partial charge in [-0.25, -0.2) is 12.8 Å². The van der Waals surface area contributed by atoms with E-state index in [1.165, 1.54) is 0 Å². The highest BCUT2D eigenvalue weighted by Crippen LogP contribution is 2.43. The second-order valence-corrected chi connectivity index (χ2v) is 6.47. The standard InChI is InChI=1S/C8H12ClFO4S/c1-2-14-7(11)6-3-8(10,4-6)5-15(9,12)13/h6H,2-5H2,1H3. The van der Waals surface area contributed by atoms with Crippen LogP contribution in [0, 0.1) is 5.92 Å². The number of carbonyl (C=O) groups excluding carboxylic acids is 1. The monoisotopic (exact) mass is 258 g/mol. The molecule has 0 radical (unpaired) electrons. The van der Waals surface area contributed by atoms with Crippen molar-refractivity contribution in [3.8, 4) is 0 Å². The van der Waals surface area contributed by atoms with Crippen LogP contribution in [0.3, 0.4) is 0 Å². The molecule has 0 aliphatic heterocycles. The van der Waals surface area contributed by atoms with Crippen molar-refractivity contribution in [2.75, 3.05) is 12.4 Å². The van der Waals surface area contributed by atoms with Gasteiger partial charge in [-0.1, -0.05) is 0 Å². The van der Waals surface area contributed by atoms with E-state index in [2.05, 4.69) is 4.74 Å². The van der Waals surface area contributed by atoms with Gasteiger partial charge in [0.25, 0.3) is 0 Å². The van der Waals surface area contributed by atoms with E-state index >= 15 is 0 Å². The van der Waals surface area contributed by atoms with Crippen molar-refractivity contribution in [2.45, 2.75) is 25.4 Å². The molecule has 0 spiro atoms. The van der Waals surface area contributed by atoms with E-state index in [9.17, 15) is 17.6 Å². The first-order chi connectivity index (χ1) is 6.76. The van der Waals surface area contributed by atoms with Crippen LogP contribution in [0.2, 0.25) is 0 Å². The first kappa shape index (κ1) is 12.7. The van der Waals surface area contributed by atoms with Gasteiger partial charge in [0.2, 0.25) is 9.05 Å². The van der Waals surface area contributed by atoms with Gasteiger partial charge in [-0.15, -0.1) is 0 Å². The molecular weight excluding hydrogens is 247 g/mol. The van der Waals surface area contributed by atoms with Crippen molar-refractivity contribution in [1.29, 1.82) is 0 Å². The third kappa shape index (κ3) is 3.61. The SMILES string of the molecule is CCOC(=O)C1CC(F)(CS(=O)(=O)Cl)C1. The zero-order valence-corrected chi connectivity index (χ0v) is 9.78. The summed E-state index contributed by atoms with van der Waals surface area (Å²) < 4.78 is 39.6. The van der Waals surface area contributed by atoms with E-state index in [0.717, 1.165) is 0 Å². The van der Waals surface area contributed by atoms with E-state index in [1.807, 2.05) is 0 Å². The topological polar surface area (TPSA) is 60.4 Å². The Hall–Kier alpha value is -0.360. The predicted molar refractivity (Wildman–Crippen MR) is 52.8 cm³/mol. The minimum Gasteiger partial charge on any atom is -0.466 e. The second-order valence-electron chi connectivity index (χ2n) is 3.69. The Bertz CT molecular complexity index is 348. The van der Waals surface area contributed by atoms with Crippen molar-refractivity contribution in [3.63, 3.8) is 0 Å². The molecule has 0 saturated heterocycles. The number of hydrogen-bond acceptors (Lipinski definition) is 4. The molecule has 0 aromatic rings. The van der Waals surface area contributed by atoms with Crippen molar-refractivity contribution in [2.24, 2.45) is 5.92 Å². The number of ether oxygens (including phenoxy) is 1. The minimum absolute atomic E-state index is 0.127. The van der Waals surface area contributed by atoms with Crippen LogP contribution >= 0.6 is 10.7 Å². The third-order valence-corrected chi connectivity index (χ3v) is 3.46. The fraction of sp³-hybridized carbons (Fsp3) is 0.875. The fourth-order valence-electron chi connectivity index (χ4n) is 1.68. The van der Waals surface area contributed by atoms with Crippen molar-refractivity contribution >= 4 is 25.7 Å². The lowest BCUT2D eigenvalue weighted by Gasteiger charge is -2.38. The van der Waals surface area contributed by atoms with Crippen LogP contribution in [0.15, 0.2) is 0 Å². The number of alkyl halides is 1. The molecule has 0 atom stereocenters. The van der Waals surface area contributed by atoms with Crippen LogP contribution in [0.25, 0.3) is 0 Å². The Balaban J connectivity index is 2.45. The number of carbonyl (C=O) groups is 1. The average Bonchev–Trinajstić information content (AvgIpc) is 1.96. The molecular formula is C8H12ClFO4S. The Morgan fingerprint density at radius 3 is 2.53 bits per heavy atom. The molecule has 7 heteroatoms. The maximum absolute atomic E-state index is 13.6. The van der Waals surface area contributed by atoms with Crippen molar-refractivity contribution < 1.29 is 22.3 Å². The Morgan fingerprint density at radius 2 is 2.13 bits per heavy atom. The van der Waals surface area contributed by atoms with E-state index in [1.54, 1.807) is 6.92 Å². The Kier molecular flexibility index (Phi) is 3.60. The number of rotatable bonds is 4. The van der Waals surface area contributed by atoms with E-state index in [-0.39, 0.29) is 19.4 Å². The molecule has 0 heterocycles. The van der Waals surface area contributed by atoms with Crippen LogP contribution in [0.5, 0.6) is 0 Å². The van der Waals surface area contributed by atoms with E-state index < -0.39 is 32.4 Å². The lowest BCUT2D eigenvalue weighted by molar-refractivity contribution is -0.156. The summed E-state index contributed by atoms with van der Waals surface area (Å²) in [4.78, 5) is 11.1. The summed E-state index contributed by atoms with van der Waals surface area (Å²) in [6.07, 6.45) is -0.254. The molecule has 0 amide bonds. The molecule has 0 bridgehead atoms. The summed E-state index contributed by atoms with van der Waals surface area (Å²) in [6.45, 7) is 1.89. The quantitative estimate of drug-likeness (QED) is 0.562. The van der Waals surface area contributed by atoms with Gasteiger partial charge in [0, 0.05) is 10.7 Å². The second kappa shape index (κ2) is 4.25. The van der Waals surface area contributed by atoms with Crippen molar-refractivity contribution in [1.82, 2.24) is 0 Å². The van der Waals surface area contributed by atoms with Gasteiger partial charge < -0.3 is 4.74 Å². The summed E-state index contributed by atoms with van der Waals surface area (Å²) in [5, 5.41) is 0. The third-order valence-electron chi connectivity index (χ3n) is 2.28. The molecule has 88 valence electrons. The maximum Gasteiger partial charge on any atom is 0.309 e. The van der Waals surface area contributed by atoms with Gasteiger partial charge in [0.15, 0.2) is 0 Å². The highest BCUT2D eigenvalue weighted by Gasteiger charge is 2.51. The zero-order chi connectivity index (χ0) is 11.7. The highest BCUT2D eigenvalue weighted by atomic mass is 35.7. The van der Waals surface area contributed by atoms with Crippen LogP contribution in [-0.2, 0) is 18.6 Å². The summed E-state index contributed by atoms with van der Waals surface area (Å²) in [6, 6.07) is 0. The molecule has 1 rings (SSSR count). The average molecular weight is 259 g/mol. The molecule has 1 aliphatic rings. The first-order valence-electron chi connectivity index (χ1n) is 4.54. The molecule has 4 nitrogen and oxygen atoms in total. The number of esters is 1. The van der Waals surface area contributed by atoms with Gasteiger partial charge >= 0.3 is 5.97 Å². The minimum atomic E-state index is -3.86. The molecule has 1 saturated carbocycles. The maximum atomic E-state index is 13.6. The smallest absolute Gasteiger partial charge is 0.309 e. The summed E-state index contributed by atoms with van der Waals surface area (Å²) in [5.41, 5.74) is -1.86. The van der Waals surface area contributed by atoms with Crippen LogP contribution in [-0.4, -0.2) is 32.4 Å². The first-order valence-corrected chi connectivity index (χ1v) is 7.01. The van der Waals surface area contributed by atoms with Gasteiger partial charge in [0.05, 0.1) is 18.3 Å². The zero-order valence-electron chi connectivity index (χ0n) is 8.20. The van der Waals surface area contributed by atoms with Crippen LogP contribution < -0.4 is 0 Å². The molecule has 15 heavy (non-hydrogen) atoms.